The molecule has 1 heterocycles. The molecule has 0 amide bonds. The largest absolute Gasteiger partial charge is 0.490 e. The molecule has 0 bridgehead atoms. The second kappa shape index (κ2) is 8.58. The second-order valence-electron chi connectivity index (χ2n) is 8.65. The van der Waals surface area contributed by atoms with E-state index in [-0.39, 0.29) is 11.7 Å². The highest BCUT2D eigenvalue weighted by Crippen LogP contribution is 2.36. The molecule has 1 aliphatic rings. The summed E-state index contributed by atoms with van der Waals surface area (Å²) in [5, 5.41) is 13.2. The first-order chi connectivity index (χ1) is 15.1. The van der Waals surface area contributed by atoms with E-state index in [0.29, 0.717) is 17.4 Å². The SMILES string of the molecule is Cc1c(C(C)Nc2nncc3ccc(OC4CC(N(C)C)C4)cc23)cccc1C(F)(F)F. The van der Waals surface area contributed by atoms with Crippen molar-refractivity contribution >= 4 is 16.6 Å². The quantitative estimate of drug-likeness (QED) is 0.536. The Bertz CT molecular complexity index is 1110. The molecule has 0 saturated heterocycles. The number of alkyl halides is 3. The van der Waals surface area contributed by atoms with Gasteiger partial charge in [-0.05, 0) is 76.2 Å². The normalized spacial score (nSPS) is 19.6. The Morgan fingerprint density at radius 1 is 1.16 bits per heavy atom. The van der Waals surface area contributed by atoms with E-state index in [1.807, 2.05) is 25.1 Å². The van der Waals surface area contributed by atoms with Crippen LogP contribution in [0.2, 0.25) is 0 Å². The monoisotopic (exact) mass is 444 g/mol. The Balaban J connectivity index is 1.57. The summed E-state index contributed by atoms with van der Waals surface area (Å²) in [7, 11) is 4.14. The van der Waals surface area contributed by atoms with Gasteiger partial charge in [0.25, 0.3) is 0 Å². The van der Waals surface area contributed by atoms with Crippen LogP contribution in [-0.4, -0.2) is 41.3 Å². The summed E-state index contributed by atoms with van der Waals surface area (Å²) in [6.07, 6.45) is -0.584. The summed E-state index contributed by atoms with van der Waals surface area (Å²) in [5.74, 6) is 1.26. The molecule has 8 heteroatoms. The first-order valence-electron chi connectivity index (χ1n) is 10.6. The predicted molar refractivity (Wildman–Crippen MR) is 119 cm³/mol. The summed E-state index contributed by atoms with van der Waals surface area (Å²) in [5.41, 5.74) is 0.146. The number of anilines is 1. The minimum absolute atomic E-state index is 0.178. The van der Waals surface area contributed by atoms with Crippen LogP contribution in [0.1, 0.15) is 42.5 Å². The molecule has 1 atom stereocenters. The number of aromatic nitrogens is 2. The van der Waals surface area contributed by atoms with Crippen LogP contribution in [-0.2, 0) is 6.18 Å². The summed E-state index contributed by atoms with van der Waals surface area (Å²) < 4.78 is 46.1. The van der Waals surface area contributed by atoms with Gasteiger partial charge in [0, 0.05) is 16.8 Å². The van der Waals surface area contributed by atoms with Gasteiger partial charge in [-0.2, -0.15) is 18.3 Å². The molecular weight excluding hydrogens is 417 g/mol. The number of nitrogens with zero attached hydrogens (tertiary/aromatic N) is 3. The van der Waals surface area contributed by atoms with Crippen LogP contribution >= 0.6 is 0 Å². The number of rotatable bonds is 6. The van der Waals surface area contributed by atoms with Crippen molar-refractivity contribution in [3.8, 4) is 5.75 Å². The predicted octanol–water partition coefficient (Wildman–Crippen LogP) is 5.60. The first-order valence-corrected chi connectivity index (χ1v) is 10.6. The van der Waals surface area contributed by atoms with Gasteiger partial charge in [0.1, 0.15) is 11.9 Å². The van der Waals surface area contributed by atoms with Gasteiger partial charge in [0.15, 0.2) is 5.82 Å². The van der Waals surface area contributed by atoms with E-state index >= 15 is 0 Å². The molecule has 32 heavy (non-hydrogen) atoms. The molecule has 2 aromatic carbocycles. The van der Waals surface area contributed by atoms with Crippen LogP contribution in [0.3, 0.4) is 0 Å². The summed E-state index contributed by atoms with van der Waals surface area (Å²) in [6, 6.07) is 10.1. The molecule has 1 saturated carbocycles. The standard InChI is InChI=1S/C24H27F3N4O/c1-14-20(6-5-7-22(14)24(25,26)27)15(2)29-23-21-12-18(9-8-16(21)13-28-30-23)32-19-10-17(11-19)31(3)4/h5-9,12-13,15,17,19H,10-11H2,1-4H3,(H,29,30). The zero-order chi connectivity index (χ0) is 23.0. The maximum absolute atomic E-state index is 13.3. The highest BCUT2D eigenvalue weighted by molar-refractivity contribution is 5.92. The van der Waals surface area contributed by atoms with Gasteiger partial charge >= 0.3 is 6.18 Å². The number of benzene rings is 2. The molecule has 1 unspecified atom stereocenters. The lowest BCUT2D eigenvalue weighted by atomic mass is 9.88. The van der Waals surface area contributed by atoms with Crippen molar-refractivity contribution in [3.05, 3.63) is 59.3 Å². The van der Waals surface area contributed by atoms with Crippen molar-refractivity contribution < 1.29 is 17.9 Å². The lowest BCUT2D eigenvalue weighted by molar-refractivity contribution is -0.138. The van der Waals surface area contributed by atoms with Crippen molar-refractivity contribution in [3.63, 3.8) is 0 Å². The van der Waals surface area contributed by atoms with Crippen LogP contribution in [0, 0.1) is 6.92 Å². The van der Waals surface area contributed by atoms with E-state index in [9.17, 15) is 13.2 Å². The van der Waals surface area contributed by atoms with Crippen LogP contribution in [0.5, 0.6) is 5.75 Å². The number of halogens is 3. The van der Waals surface area contributed by atoms with E-state index in [2.05, 4.69) is 34.5 Å². The minimum Gasteiger partial charge on any atom is -0.490 e. The van der Waals surface area contributed by atoms with Gasteiger partial charge in [-0.1, -0.05) is 12.1 Å². The number of fused-ring (bicyclic) bond motifs is 1. The summed E-state index contributed by atoms with van der Waals surface area (Å²) in [6.45, 7) is 3.32. The highest BCUT2D eigenvalue weighted by Gasteiger charge is 2.34. The Morgan fingerprint density at radius 3 is 2.59 bits per heavy atom. The number of hydrogen-bond donors (Lipinski definition) is 1. The maximum atomic E-state index is 13.3. The average molecular weight is 445 g/mol. The van der Waals surface area contributed by atoms with Gasteiger partial charge in [0.05, 0.1) is 17.8 Å². The zero-order valence-corrected chi connectivity index (χ0v) is 18.6. The number of ether oxygens (including phenoxy) is 1. The fourth-order valence-electron chi connectivity index (χ4n) is 4.20. The third kappa shape index (κ3) is 4.50. The molecule has 1 aromatic heterocycles. The first kappa shape index (κ1) is 22.3. The molecule has 0 aliphatic heterocycles. The molecule has 1 N–H and O–H groups in total. The van der Waals surface area contributed by atoms with Crippen molar-refractivity contribution in [2.45, 2.75) is 51.1 Å². The van der Waals surface area contributed by atoms with Crippen molar-refractivity contribution in [2.24, 2.45) is 0 Å². The van der Waals surface area contributed by atoms with Gasteiger partial charge < -0.3 is 15.0 Å². The molecule has 5 nitrogen and oxygen atoms in total. The van der Waals surface area contributed by atoms with Crippen molar-refractivity contribution in [1.29, 1.82) is 0 Å². The molecule has 1 fully saturated rings. The van der Waals surface area contributed by atoms with Crippen molar-refractivity contribution in [1.82, 2.24) is 15.1 Å². The third-order valence-electron chi connectivity index (χ3n) is 6.24. The van der Waals surface area contributed by atoms with Crippen LogP contribution < -0.4 is 10.1 Å². The summed E-state index contributed by atoms with van der Waals surface area (Å²) >= 11 is 0. The Morgan fingerprint density at radius 2 is 1.91 bits per heavy atom. The van der Waals surface area contributed by atoms with E-state index in [1.54, 1.807) is 12.3 Å². The second-order valence-corrected chi connectivity index (χ2v) is 8.65. The fraction of sp³-hybridized carbons (Fsp3) is 0.417. The van der Waals surface area contributed by atoms with Gasteiger partial charge in [-0.3, -0.25) is 0 Å². The Kier molecular flexibility index (Phi) is 5.99. The summed E-state index contributed by atoms with van der Waals surface area (Å²) in [4.78, 5) is 2.20. The zero-order valence-electron chi connectivity index (χ0n) is 18.6. The van der Waals surface area contributed by atoms with Crippen LogP contribution in [0.4, 0.5) is 19.0 Å². The molecule has 3 aromatic rings. The van der Waals surface area contributed by atoms with E-state index < -0.39 is 17.8 Å². The van der Waals surface area contributed by atoms with Gasteiger partial charge in [0.2, 0.25) is 0 Å². The number of nitrogens with one attached hydrogen (secondary N) is 1. The molecule has 0 radical (unpaired) electrons. The van der Waals surface area contributed by atoms with E-state index in [4.69, 9.17) is 4.74 Å². The number of hydrogen-bond acceptors (Lipinski definition) is 5. The molecule has 1 aliphatic carbocycles. The molecule has 170 valence electrons. The van der Waals surface area contributed by atoms with E-state index in [1.165, 1.54) is 13.0 Å². The molecule has 0 spiro atoms. The fourth-order valence-corrected chi connectivity index (χ4v) is 4.20. The van der Waals surface area contributed by atoms with Crippen molar-refractivity contribution in [2.75, 3.05) is 19.4 Å². The lowest BCUT2D eigenvalue weighted by Gasteiger charge is -2.39. The van der Waals surface area contributed by atoms with Gasteiger partial charge in [-0.25, -0.2) is 0 Å². The maximum Gasteiger partial charge on any atom is 0.416 e. The highest BCUT2D eigenvalue weighted by atomic mass is 19.4. The Labute approximate surface area is 185 Å². The Hall–Kier alpha value is -2.87. The molecular formula is C24H27F3N4O. The van der Waals surface area contributed by atoms with Crippen LogP contribution in [0.25, 0.3) is 10.8 Å². The lowest BCUT2D eigenvalue weighted by Crippen LogP contribution is -2.46. The minimum atomic E-state index is -4.39. The third-order valence-corrected chi connectivity index (χ3v) is 6.24. The van der Waals surface area contributed by atoms with Gasteiger partial charge in [-0.15, -0.1) is 5.10 Å². The topological polar surface area (TPSA) is 50.3 Å². The molecule has 4 rings (SSSR count). The smallest absolute Gasteiger partial charge is 0.416 e. The van der Waals surface area contributed by atoms with Crippen LogP contribution in [0.15, 0.2) is 42.6 Å². The van der Waals surface area contributed by atoms with E-state index in [0.717, 1.165) is 35.4 Å². The average Bonchev–Trinajstić information content (AvgIpc) is 2.69.